The molecule has 4 aliphatic carbocycles. The van der Waals surface area contributed by atoms with E-state index in [1.807, 2.05) is 18.7 Å². The second-order valence-corrected chi connectivity index (χ2v) is 14.0. The highest BCUT2D eigenvalue weighted by molar-refractivity contribution is 8.00. The Labute approximate surface area is 193 Å². The zero-order valence-corrected chi connectivity index (χ0v) is 21.3. The Hall–Kier alpha value is -1.16. The molecule has 4 fully saturated rings. The Morgan fingerprint density at radius 2 is 1.55 bits per heavy atom. The predicted molar refractivity (Wildman–Crippen MR) is 130 cm³/mol. The molecule has 0 heterocycles. The third-order valence-corrected chi connectivity index (χ3v) is 9.37. The topological polar surface area (TPSA) is 49.3 Å². The molecule has 1 amide bonds. The summed E-state index contributed by atoms with van der Waals surface area (Å²) in [4.78, 5) is 13.7. The maximum Gasteiger partial charge on any atom is 0.219 e. The molecule has 1 aromatic carbocycles. The quantitative estimate of drug-likeness (QED) is 0.554. The summed E-state index contributed by atoms with van der Waals surface area (Å²) in [6.45, 7) is 15.0. The molecule has 2 N–H and O–H groups in total. The van der Waals surface area contributed by atoms with Gasteiger partial charge in [0.2, 0.25) is 5.91 Å². The van der Waals surface area contributed by atoms with Crippen LogP contribution in [0.4, 0.5) is 0 Å². The first-order chi connectivity index (χ1) is 14.3. The van der Waals surface area contributed by atoms with Crippen molar-refractivity contribution in [3.8, 4) is 5.75 Å². The first-order valence-electron chi connectivity index (χ1n) is 12.2. The molecule has 0 aromatic heterocycles. The highest BCUT2D eigenvalue weighted by Crippen LogP contribution is 2.62. The molecule has 0 saturated heterocycles. The molecule has 172 valence electrons. The Morgan fingerprint density at radius 1 is 1.03 bits per heavy atom. The van der Waals surface area contributed by atoms with Gasteiger partial charge < -0.3 is 10.4 Å². The molecule has 3 atom stereocenters. The monoisotopic (exact) mass is 443 g/mol. The summed E-state index contributed by atoms with van der Waals surface area (Å²) in [6.07, 6.45) is 6.90. The molecular formula is C27H41NO2S. The highest BCUT2D eigenvalue weighted by atomic mass is 32.2. The molecule has 4 aliphatic rings. The molecule has 0 radical (unpaired) electrons. The van der Waals surface area contributed by atoms with E-state index in [1.165, 1.54) is 37.0 Å². The van der Waals surface area contributed by atoms with Gasteiger partial charge in [0.1, 0.15) is 5.75 Å². The van der Waals surface area contributed by atoms with E-state index in [2.05, 4.69) is 59.0 Å². The van der Waals surface area contributed by atoms with Crippen molar-refractivity contribution in [2.24, 2.45) is 17.8 Å². The van der Waals surface area contributed by atoms with Crippen LogP contribution < -0.4 is 5.32 Å². The van der Waals surface area contributed by atoms with Crippen molar-refractivity contribution in [3.63, 3.8) is 0 Å². The van der Waals surface area contributed by atoms with Gasteiger partial charge in [-0.25, -0.2) is 0 Å². The van der Waals surface area contributed by atoms with Crippen molar-refractivity contribution in [3.05, 3.63) is 23.3 Å². The lowest BCUT2D eigenvalue weighted by Gasteiger charge is -2.61. The summed E-state index contributed by atoms with van der Waals surface area (Å²) in [6, 6.07) is 4.72. The van der Waals surface area contributed by atoms with Crippen LogP contribution in [0.15, 0.2) is 17.0 Å². The number of phenolic OH excluding ortho intramolecular Hbond substituents is 1. The average Bonchev–Trinajstić information content (AvgIpc) is 2.63. The lowest BCUT2D eigenvalue weighted by Crippen LogP contribution is -2.64. The van der Waals surface area contributed by atoms with E-state index in [4.69, 9.17) is 0 Å². The average molecular weight is 444 g/mol. The van der Waals surface area contributed by atoms with Crippen molar-refractivity contribution in [1.82, 2.24) is 5.32 Å². The number of rotatable bonds is 4. The fourth-order valence-corrected chi connectivity index (χ4v) is 8.52. The van der Waals surface area contributed by atoms with Gasteiger partial charge in [0, 0.05) is 33.2 Å². The Balaban J connectivity index is 1.76. The summed E-state index contributed by atoms with van der Waals surface area (Å²) in [7, 11) is 0. The number of phenols is 1. The van der Waals surface area contributed by atoms with E-state index in [9.17, 15) is 9.90 Å². The number of carbonyl (C=O) groups is 1. The number of thioether (sulfide) groups is 1. The van der Waals surface area contributed by atoms with Crippen molar-refractivity contribution < 1.29 is 9.90 Å². The van der Waals surface area contributed by atoms with E-state index in [0.717, 1.165) is 23.0 Å². The molecule has 5 rings (SSSR count). The largest absolute Gasteiger partial charge is 0.507 e. The minimum Gasteiger partial charge on any atom is -0.507 e. The van der Waals surface area contributed by atoms with Crippen LogP contribution in [0, 0.1) is 17.8 Å². The molecule has 4 saturated carbocycles. The maximum absolute atomic E-state index is 12.5. The van der Waals surface area contributed by atoms with Crippen LogP contribution in [0.5, 0.6) is 5.75 Å². The molecule has 3 nitrogen and oxygen atoms in total. The molecule has 4 bridgehead atoms. The first kappa shape index (κ1) is 23.0. The second kappa shape index (κ2) is 7.71. The Bertz CT molecular complexity index is 814. The minimum absolute atomic E-state index is 0.0842. The van der Waals surface area contributed by atoms with Gasteiger partial charge in [-0.15, -0.1) is 11.8 Å². The highest BCUT2D eigenvalue weighted by Gasteiger charge is 2.58. The van der Waals surface area contributed by atoms with Crippen LogP contribution in [0.2, 0.25) is 0 Å². The standard InChI is InChI=1S/C27H41NO2S/c1-8-22(29)28-24-18-10-16-9-17(11-18)15-27(24,14-16)31-19-12-20(25(2,3)4)23(30)21(13-19)26(5,6)7/h12-13,16-18,24,30H,8-11,14-15H2,1-7H3,(H,28,29). The third-order valence-electron chi connectivity index (χ3n) is 7.90. The number of amides is 1. The number of aromatic hydroxyl groups is 1. The van der Waals surface area contributed by atoms with Crippen molar-refractivity contribution in [2.75, 3.05) is 0 Å². The lowest BCUT2D eigenvalue weighted by atomic mass is 9.53. The lowest BCUT2D eigenvalue weighted by molar-refractivity contribution is -0.124. The van der Waals surface area contributed by atoms with E-state index in [-0.39, 0.29) is 27.5 Å². The summed E-state index contributed by atoms with van der Waals surface area (Å²) in [5, 5.41) is 14.6. The maximum atomic E-state index is 12.5. The van der Waals surface area contributed by atoms with Gasteiger partial charge in [-0.1, -0.05) is 48.5 Å². The second-order valence-electron chi connectivity index (χ2n) is 12.5. The minimum atomic E-state index is -0.127. The fraction of sp³-hybridized carbons (Fsp3) is 0.741. The molecule has 31 heavy (non-hydrogen) atoms. The van der Waals surface area contributed by atoms with E-state index in [0.29, 0.717) is 18.1 Å². The zero-order chi connectivity index (χ0) is 22.8. The third kappa shape index (κ3) is 4.26. The summed E-state index contributed by atoms with van der Waals surface area (Å²) in [5.74, 6) is 2.87. The summed E-state index contributed by atoms with van der Waals surface area (Å²) < 4.78 is 0.0842. The van der Waals surface area contributed by atoms with Crippen LogP contribution in [-0.4, -0.2) is 21.8 Å². The van der Waals surface area contributed by atoms with Crippen molar-refractivity contribution in [2.45, 2.75) is 114 Å². The van der Waals surface area contributed by atoms with Gasteiger partial charge >= 0.3 is 0 Å². The molecule has 3 unspecified atom stereocenters. The number of hydrogen-bond acceptors (Lipinski definition) is 3. The summed E-state index contributed by atoms with van der Waals surface area (Å²) >= 11 is 2.01. The summed E-state index contributed by atoms with van der Waals surface area (Å²) in [5.41, 5.74) is 1.80. The molecule has 0 spiro atoms. The Kier molecular flexibility index (Phi) is 5.72. The first-order valence-corrected chi connectivity index (χ1v) is 13.0. The van der Waals surface area contributed by atoms with E-state index < -0.39 is 0 Å². The van der Waals surface area contributed by atoms with Gasteiger partial charge in [-0.05, 0) is 72.8 Å². The molecule has 1 aromatic rings. The number of carbonyl (C=O) groups excluding carboxylic acids is 1. The number of hydrogen-bond donors (Lipinski definition) is 2. The van der Waals surface area contributed by atoms with E-state index in [1.54, 1.807) is 0 Å². The van der Waals surface area contributed by atoms with Gasteiger partial charge in [0.25, 0.3) is 0 Å². The normalized spacial score (nSPS) is 32.4. The molecule has 0 aliphatic heterocycles. The fourth-order valence-electron chi connectivity index (χ4n) is 6.68. The molecule has 4 heteroatoms. The Morgan fingerprint density at radius 3 is 2.00 bits per heavy atom. The van der Waals surface area contributed by atoms with Gasteiger partial charge in [0.05, 0.1) is 0 Å². The van der Waals surface area contributed by atoms with E-state index >= 15 is 0 Å². The zero-order valence-electron chi connectivity index (χ0n) is 20.5. The predicted octanol–water partition coefficient (Wildman–Crippen LogP) is 6.55. The number of benzene rings is 1. The van der Waals surface area contributed by atoms with Gasteiger partial charge in [-0.3, -0.25) is 4.79 Å². The van der Waals surface area contributed by atoms with Crippen LogP contribution in [0.25, 0.3) is 0 Å². The van der Waals surface area contributed by atoms with Gasteiger partial charge in [0.15, 0.2) is 0 Å². The van der Waals surface area contributed by atoms with Crippen LogP contribution in [0.1, 0.15) is 98.1 Å². The van der Waals surface area contributed by atoms with Crippen LogP contribution in [-0.2, 0) is 15.6 Å². The van der Waals surface area contributed by atoms with Crippen molar-refractivity contribution in [1.29, 1.82) is 0 Å². The number of nitrogens with one attached hydrogen (secondary N) is 1. The van der Waals surface area contributed by atoms with Crippen LogP contribution >= 0.6 is 11.8 Å². The van der Waals surface area contributed by atoms with Gasteiger partial charge in [-0.2, -0.15) is 0 Å². The van der Waals surface area contributed by atoms with Crippen molar-refractivity contribution >= 4 is 17.7 Å². The van der Waals surface area contributed by atoms with Crippen LogP contribution in [0.3, 0.4) is 0 Å². The molecular weight excluding hydrogens is 402 g/mol. The SMILES string of the molecule is CCC(=O)NC1C2CC3CC(C2)CC1(Sc1cc(C(C)(C)C)c(O)c(C(C)(C)C)c1)C3. The smallest absolute Gasteiger partial charge is 0.219 e.